The van der Waals surface area contributed by atoms with Gasteiger partial charge in [-0.2, -0.15) is 0 Å². The molecule has 7 rings (SSSR count). The summed E-state index contributed by atoms with van der Waals surface area (Å²) in [4.78, 5) is 79.7. The zero-order chi connectivity index (χ0) is 36.8. The Bertz CT molecular complexity index is 1620. The second-order valence-corrected chi connectivity index (χ2v) is 16.4. The van der Waals surface area contributed by atoms with Crippen LogP contribution in [-0.4, -0.2) is 94.2 Å². The molecule has 4 unspecified atom stereocenters. The molecular weight excluding hydrogens is 656 g/mol. The highest BCUT2D eigenvalue weighted by Gasteiger charge is 2.83. The van der Waals surface area contributed by atoms with Gasteiger partial charge in [0, 0.05) is 68.1 Å². The number of carbonyl (C=O) groups is 6. The molecule has 0 aromatic rings. The number of esters is 5. The molecule has 274 valence electrons. The first-order valence-corrected chi connectivity index (χ1v) is 17.4. The largest absolute Gasteiger partial charge is 0.462 e. The van der Waals surface area contributed by atoms with Gasteiger partial charge in [0.15, 0.2) is 11.4 Å². The fourth-order valence-electron chi connectivity index (χ4n) is 12.2. The summed E-state index contributed by atoms with van der Waals surface area (Å²) in [6.07, 6.45) is -5.40. The van der Waals surface area contributed by atoms with Crippen LogP contribution in [0.4, 0.5) is 0 Å². The summed E-state index contributed by atoms with van der Waals surface area (Å²) in [5.41, 5.74) is -6.23. The van der Waals surface area contributed by atoms with Gasteiger partial charge >= 0.3 is 29.8 Å². The third-order valence-corrected chi connectivity index (χ3v) is 14.1. The van der Waals surface area contributed by atoms with Crippen molar-refractivity contribution >= 4 is 35.6 Å². The van der Waals surface area contributed by atoms with Gasteiger partial charge in [0.25, 0.3) is 0 Å². The van der Waals surface area contributed by atoms with Crippen LogP contribution in [0.5, 0.6) is 0 Å². The summed E-state index contributed by atoms with van der Waals surface area (Å²) >= 11 is 0. The number of ether oxygens (including phenoxy) is 6. The van der Waals surface area contributed by atoms with E-state index in [4.69, 9.17) is 28.4 Å². The van der Waals surface area contributed by atoms with Crippen LogP contribution < -0.4 is 0 Å². The summed E-state index contributed by atoms with van der Waals surface area (Å²) in [6.45, 7) is 13.3. The van der Waals surface area contributed by atoms with Gasteiger partial charge < -0.3 is 38.6 Å². The molecule has 14 nitrogen and oxygen atoms in total. The highest BCUT2D eigenvalue weighted by atomic mass is 16.6. The lowest BCUT2D eigenvalue weighted by Gasteiger charge is -2.65. The van der Waals surface area contributed by atoms with Crippen LogP contribution in [0.1, 0.15) is 68.7 Å². The lowest BCUT2D eigenvalue weighted by atomic mass is 9.41. The quantitative estimate of drug-likeness (QED) is 0.242. The number of fused-ring (bicyclic) bond motifs is 10. The predicted molar refractivity (Wildman–Crippen MR) is 166 cm³/mol. The van der Waals surface area contributed by atoms with Crippen LogP contribution in [0.3, 0.4) is 0 Å². The summed E-state index contributed by atoms with van der Waals surface area (Å²) in [7, 11) is 0. The third kappa shape index (κ3) is 4.24. The van der Waals surface area contributed by atoms with Crippen molar-refractivity contribution in [2.75, 3.05) is 0 Å². The van der Waals surface area contributed by atoms with E-state index in [0.717, 1.165) is 0 Å². The molecule has 4 saturated carbocycles. The Hall–Kier alpha value is -3.36. The van der Waals surface area contributed by atoms with Crippen molar-refractivity contribution in [1.29, 1.82) is 0 Å². The average molecular weight is 703 g/mol. The Morgan fingerprint density at radius 1 is 0.780 bits per heavy atom. The molecule has 0 aromatic carbocycles. The maximum atomic E-state index is 14.5. The van der Waals surface area contributed by atoms with Crippen LogP contribution in [-0.2, 0) is 57.2 Å². The number of rotatable bonds is 4. The van der Waals surface area contributed by atoms with Gasteiger partial charge in [-0.15, -0.1) is 0 Å². The van der Waals surface area contributed by atoms with Gasteiger partial charge in [-0.05, 0) is 38.2 Å². The average Bonchev–Trinajstić information content (AvgIpc) is 3.68. The lowest BCUT2D eigenvalue weighted by molar-refractivity contribution is -0.272. The van der Waals surface area contributed by atoms with E-state index in [2.05, 4.69) is 0 Å². The second-order valence-electron chi connectivity index (χ2n) is 16.4. The molecule has 7 aliphatic rings. The Morgan fingerprint density at radius 2 is 1.32 bits per heavy atom. The number of aliphatic hydroxyl groups is 2. The number of allylic oxidation sites excluding steroid dienone is 1. The number of aliphatic hydroxyl groups excluding tert-OH is 1. The Kier molecular flexibility index (Phi) is 7.59. The van der Waals surface area contributed by atoms with E-state index in [-0.39, 0.29) is 12.2 Å². The molecule has 2 aliphatic heterocycles. The maximum Gasteiger partial charge on any atom is 0.343 e. The highest BCUT2D eigenvalue weighted by Crippen LogP contribution is 2.76. The van der Waals surface area contributed by atoms with E-state index < -0.39 is 142 Å². The van der Waals surface area contributed by atoms with E-state index in [0.29, 0.717) is 0 Å². The monoisotopic (exact) mass is 702 g/mol. The topological polar surface area (TPSA) is 202 Å². The van der Waals surface area contributed by atoms with Crippen LogP contribution in [0.2, 0.25) is 0 Å². The number of carbonyl (C=O) groups excluding carboxylic acids is 6. The maximum absolute atomic E-state index is 14.5. The van der Waals surface area contributed by atoms with E-state index >= 15 is 0 Å². The number of hydrogen-bond donors (Lipinski definition) is 2. The van der Waals surface area contributed by atoms with Crippen molar-refractivity contribution in [3.8, 4) is 0 Å². The first-order chi connectivity index (χ1) is 23.1. The zero-order valence-corrected chi connectivity index (χ0v) is 29.7. The van der Waals surface area contributed by atoms with Gasteiger partial charge in [-0.1, -0.05) is 20.8 Å². The van der Waals surface area contributed by atoms with Crippen molar-refractivity contribution in [3.63, 3.8) is 0 Å². The molecule has 0 aromatic heterocycles. The lowest BCUT2D eigenvalue weighted by Crippen LogP contribution is -2.74. The van der Waals surface area contributed by atoms with E-state index in [1.165, 1.54) is 34.6 Å². The molecule has 5 aliphatic carbocycles. The fraction of sp³-hybridized carbons (Fsp3) is 0.778. The van der Waals surface area contributed by atoms with Crippen molar-refractivity contribution in [2.24, 2.45) is 57.7 Å². The van der Waals surface area contributed by atoms with E-state index in [9.17, 15) is 39.0 Å². The van der Waals surface area contributed by atoms with Crippen LogP contribution in [0.25, 0.3) is 0 Å². The summed E-state index contributed by atoms with van der Waals surface area (Å²) in [5, 5.41) is 24.2. The first-order valence-electron chi connectivity index (χ1n) is 17.4. The van der Waals surface area contributed by atoms with Crippen molar-refractivity contribution in [1.82, 2.24) is 0 Å². The molecular formula is C36H46O14. The molecule has 6 fully saturated rings. The molecule has 14 heteroatoms. The smallest absolute Gasteiger partial charge is 0.343 e. The van der Waals surface area contributed by atoms with Crippen molar-refractivity contribution < 1.29 is 67.4 Å². The SMILES string of the molecule is CC(=O)O[C@@H]1C2[C@H]3C([C@H](OC(C)=O)[C@H](OC(C)=O)[C@]2(C)C2[C@H](C)C=C4OC(=O)[C@@](C)(O)[C@]4(C)[C@@H]21)[C@]1(C)C(C[C@@H]2O[C@@H]2[C@@H]1OC(C)=O)C(=O)[C@@H]3O. The number of hydrogen-bond acceptors (Lipinski definition) is 14. The van der Waals surface area contributed by atoms with E-state index in [1.54, 1.807) is 26.8 Å². The van der Waals surface area contributed by atoms with Gasteiger partial charge in [0.2, 0.25) is 0 Å². The number of epoxide rings is 1. The summed E-state index contributed by atoms with van der Waals surface area (Å²) in [5.74, 6) is -9.94. The minimum atomic E-state index is -2.10. The Morgan fingerprint density at radius 3 is 1.90 bits per heavy atom. The normalized spacial score (nSPS) is 52.3. The molecule has 0 radical (unpaired) electrons. The van der Waals surface area contributed by atoms with Gasteiger partial charge in [-0.25, -0.2) is 4.79 Å². The first kappa shape index (κ1) is 35.1. The fourth-order valence-corrected chi connectivity index (χ4v) is 12.2. The van der Waals surface area contributed by atoms with Crippen molar-refractivity contribution in [3.05, 3.63) is 11.8 Å². The molecule has 2 saturated heterocycles. The molecule has 18 atom stereocenters. The van der Waals surface area contributed by atoms with Gasteiger partial charge in [0.05, 0.1) is 11.5 Å². The predicted octanol–water partition coefficient (Wildman–Crippen LogP) is 1.41. The highest BCUT2D eigenvalue weighted by molar-refractivity contribution is 5.88. The molecule has 0 amide bonds. The minimum Gasteiger partial charge on any atom is -0.462 e. The molecule has 50 heavy (non-hydrogen) atoms. The number of Topliss-reactive ketones (excluding diaryl/α,β-unsaturated/α-hetero) is 1. The minimum absolute atomic E-state index is 0.198. The molecule has 0 bridgehead atoms. The summed E-state index contributed by atoms with van der Waals surface area (Å²) in [6, 6.07) is 0. The molecule has 2 heterocycles. The van der Waals surface area contributed by atoms with Crippen LogP contribution in [0.15, 0.2) is 11.8 Å². The van der Waals surface area contributed by atoms with E-state index in [1.807, 2.05) is 6.92 Å². The van der Waals surface area contributed by atoms with Gasteiger partial charge in [0.1, 0.15) is 42.4 Å². The third-order valence-electron chi connectivity index (χ3n) is 14.1. The number of ketones is 1. The zero-order valence-electron chi connectivity index (χ0n) is 29.7. The van der Waals surface area contributed by atoms with Crippen LogP contribution >= 0.6 is 0 Å². The second kappa shape index (κ2) is 10.8. The van der Waals surface area contributed by atoms with Crippen molar-refractivity contribution in [2.45, 2.75) is 117 Å². The standard InChI is InChI=1S/C36H46O14/c1-12-10-19-35(8,36(9,44)32(43)50-19)24-21(12)34(7)22(28(24)45-13(2)37)20-23(29(46-14(3)38)31(34)48-16(5)40)33(6)17(25(41)26(20)42)11-18-27(49-18)30(33)47-15(4)39/h10,12,17-18,20-24,26-31,42,44H,11H2,1-9H3/t12-,17?,18+,20+,21?,22?,23?,24+,26-,27+,28-,29+,30+,31+,33+,34-,35+,36-/m1/s1. The summed E-state index contributed by atoms with van der Waals surface area (Å²) < 4.78 is 36.2. The van der Waals surface area contributed by atoms with Gasteiger partial charge in [-0.3, -0.25) is 24.0 Å². The van der Waals surface area contributed by atoms with Crippen LogP contribution in [0, 0.1) is 57.7 Å². The molecule has 0 spiro atoms. The molecule has 2 N–H and O–H groups in total. The Balaban J connectivity index is 1.53. The Labute approximate surface area is 289 Å².